The minimum Gasteiger partial charge on any atom is -0.368 e. The van der Waals surface area contributed by atoms with Crippen LogP contribution in [0.1, 0.15) is 23.3 Å². The van der Waals surface area contributed by atoms with Crippen molar-refractivity contribution >= 4 is 22.9 Å². The molecule has 0 N–H and O–H groups in total. The lowest BCUT2D eigenvalue weighted by molar-refractivity contribution is -0.137. The second-order valence-corrected chi connectivity index (χ2v) is 7.38. The number of hydrogen-bond acceptors (Lipinski definition) is 3. The van der Waals surface area contributed by atoms with Crippen molar-refractivity contribution in [3.05, 3.63) is 52.2 Å². The quantitative estimate of drug-likeness (QED) is 0.763. The van der Waals surface area contributed by atoms with Gasteiger partial charge in [0.05, 0.1) is 5.56 Å². The van der Waals surface area contributed by atoms with E-state index in [0.29, 0.717) is 32.6 Å². The molecule has 1 aromatic heterocycles. The largest absolute Gasteiger partial charge is 0.416 e. The van der Waals surface area contributed by atoms with Gasteiger partial charge in [0.25, 0.3) is 0 Å². The SMILES string of the molecule is O=C(CCCc1cccs1)N1CCN(c2ccc(C(F)(F)F)cc2)CC1. The highest BCUT2D eigenvalue weighted by Crippen LogP contribution is 2.30. The van der Waals surface area contributed by atoms with Crippen LogP contribution in [0.2, 0.25) is 0 Å². The predicted molar refractivity (Wildman–Crippen MR) is 97.5 cm³/mol. The molecular formula is C19H21F3N2OS. The highest BCUT2D eigenvalue weighted by atomic mass is 32.1. The van der Waals surface area contributed by atoms with Crippen LogP contribution in [0.15, 0.2) is 41.8 Å². The molecule has 0 radical (unpaired) electrons. The van der Waals surface area contributed by atoms with Crippen molar-refractivity contribution in [1.29, 1.82) is 0 Å². The molecule has 0 aliphatic carbocycles. The maximum atomic E-state index is 12.6. The summed E-state index contributed by atoms with van der Waals surface area (Å²) in [6, 6.07) is 9.32. The monoisotopic (exact) mass is 382 g/mol. The minimum absolute atomic E-state index is 0.161. The van der Waals surface area contributed by atoms with Gasteiger partial charge in [-0.2, -0.15) is 13.2 Å². The molecule has 7 heteroatoms. The molecule has 140 valence electrons. The van der Waals surface area contributed by atoms with E-state index in [2.05, 4.69) is 6.07 Å². The van der Waals surface area contributed by atoms with Gasteiger partial charge in [-0.15, -0.1) is 11.3 Å². The van der Waals surface area contributed by atoms with E-state index in [9.17, 15) is 18.0 Å². The Bertz CT molecular complexity index is 705. The number of carbonyl (C=O) groups is 1. The number of aryl methyl sites for hydroxylation is 1. The van der Waals surface area contributed by atoms with E-state index in [0.717, 1.165) is 30.7 Å². The number of anilines is 1. The van der Waals surface area contributed by atoms with Crippen molar-refractivity contribution in [2.75, 3.05) is 31.1 Å². The summed E-state index contributed by atoms with van der Waals surface area (Å²) >= 11 is 1.71. The molecule has 0 atom stereocenters. The van der Waals surface area contributed by atoms with Crippen LogP contribution >= 0.6 is 11.3 Å². The second-order valence-electron chi connectivity index (χ2n) is 6.35. The normalized spacial score (nSPS) is 15.3. The number of hydrogen-bond donors (Lipinski definition) is 0. The number of alkyl halides is 3. The topological polar surface area (TPSA) is 23.6 Å². The van der Waals surface area contributed by atoms with Crippen LogP contribution in [0.25, 0.3) is 0 Å². The van der Waals surface area contributed by atoms with Gasteiger partial charge in [0.1, 0.15) is 0 Å². The van der Waals surface area contributed by atoms with Crippen LogP contribution in [0.3, 0.4) is 0 Å². The third-order valence-corrected chi connectivity index (χ3v) is 5.52. The Labute approximate surface area is 155 Å². The Kier molecular flexibility index (Phi) is 5.86. The maximum Gasteiger partial charge on any atom is 0.416 e. The Hall–Kier alpha value is -2.02. The van der Waals surface area contributed by atoms with E-state index in [1.165, 1.54) is 17.0 Å². The molecule has 1 saturated heterocycles. The average Bonchev–Trinajstić information content (AvgIpc) is 3.15. The highest BCUT2D eigenvalue weighted by Gasteiger charge is 2.30. The third kappa shape index (κ3) is 4.78. The number of thiophene rings is 1. The van der Waals surface area contributed by atoms with Gasteiger partial charge in [0, 0.05) is 43.2 Å². The molecule has 1 fully saturated rings. The Morgan fingerprint density at radius 2 is 1.73 bits per heavy atom. The lowest BCUT2D eigenvalue weighted by Crippen LogP contribution is -2.48. The van der Waals surface area contributed by atoms with Gasteiger partial charge >= 0.3 is 6.18 Å². The van der Waals surface area contributed by atoms with Crippen LogP contribution in [-0.4, -0.2) is 37.0 Å². The van der Waals surface area contributed by atoms with Crippen LogP contribution < -0.4 is 4.90 Å². The zero-order valence-corrected chi connectivity index (χ0v) is 15.2. The van der Waals surface area contributed by atoms with E-state index >= 15 is 0 Å². The van der Waals surface area contributed by atoms with E-state index in [-0.39, 0.29) is 5.91 Å². The predicted octanol–water partition coefficient (Wildman–Crippen LogP) is 4.44. The summed E-state index contributed by atoms with van der Waals surface area (Å²) in [5.74, 6) is 0.161. The number of benzene rings is 1. The van der Waals surface area contributed by atoms with E-state index in [1.807, 2.05) is 21.2 Å². The number of halogens is 3. The molecule has 3 nitrogen and oxygen atoms in total. The summed E-state index contributed by atoms with van der Waals surface area (Å²) in [5.41, 5.74) is 0.128. The molecular weight excluding hydrogens is 361 g/mol. The smallest absolute Gasteiger partial charge is 0.368 e. The molecule has 1 aromatic carbocycles. The first kappa shape index (κ1) is 18.8. The van der Waals surface area contributed by atoms with Gasteiger partial charge in [-0.1, -0.05) is 6.07 Å². The molecule has 1 aliphatic rings. The minimum atomic E-state index is -4.31. The highest BCUT2D eigenvalue weighted by molar-refractivity contribution is 7.09. The van der Waals surface area contributed by atoms with Crippen LogP contribution in [0, 0.1) is 0 Å². The molecule has 2 heterocycles. The first-order chi connectivity index (χ1) is 12.4. The first-order valence-electron chi connectivity index (χ1n) is 8.66. The lowest BCUT2D eigenvalue weighted by Gasteiger charge is -2.36. The van der Waals surface area contributed by atoms with Gasteiger partial charge in [-0.05, 0) is 48.6 Å². The number of nitrogens with zero attached hydrogens (tertiary/aromatic N) is 2. The summed E-state index contributed by atoms with van der Waals surface area (Å²) < 4.78 is 37.9. The van der Waals surface area contributed by atoms with Crippen molar-refractivity contribution in [1.82, 2.24) is 4.90 Å². The van der Waals surface area contributed by atoms with E-state index in [1.54, 1.807) is 11.3 Å². The standard InChI is InChI=1S/C19H21F3N2OS/c20-19(21,22)15-6-8-16(9-7-15)23-10-12-24(13-11-23)18(25)5-1-3-17-4-2-14-26-17/h2,4,6-9,14H,1,3,5,10-13H2. The summed E-state index contributed by atoms with van der Waals surface area (Å²) in [6.45, 7) is 2.50. The Morgan fingerprint density at radius 3 is 2.31 bits per heavy atom. The number of rotatable bonds is 5. The fourth-order valence-electron chi connectivity index (χ4n) is 3.10. The first-order valence-corrected chi connectivity index (χ1v) is 9.54. The van der Waals surface area contributed by atoms with Gasteiger partial charge < -0.3 is 9.80 Å². The average molecular weight is 382 g/mol. The van der Waals surface area contributed by atoms with Crippen molar-refractivity contribution < 1.29 is 18.0 Å². The molecule has 1 amide bonds. The summed E-state index contributed by atoms with van der Waals surface area (Å²) in [4.78, 5) is 17.5. The van der Waals surface area contributed by atoms with E-state index in [4.69, 9.17) is 0 Å². The van der Waals surface area contributed by atoms with Gasteiger partial charge in [0.2, 0.25) is 5.91 Å². The van der Waals surface area contributed by atoms with Crippen molar-refractivity contribution in [2.24, 2.45) is 0 Å². The molecule has 0 bridgehead atoms. The summed E-state index contributed by atoms with van der Waals surface area (Å²) in [5, 5.41) is 2.04. The fraction of sp³-hybridized carbons (Fsp3) is 0.421. The van der Waals surface area contributed by atoms with Crippen molar-refractivity contribution in [2.45, 2.75) is 25.4 Å². The molecule has 0 saturated carbocycles. The zero-order chi connectivity index (χ0) is 18.6. The van der Waals surface area contributed by atoms with Crippen LogP contribution in [0.5, 0.6) is 0 Å². The maximum absolute atomic E-state index is 12.6. The Morgan fingerprint density at radius 1 is 1.04 bits per heavy atom. The van der Waals surface area contributed by atoms with E-state index < -0.39 is 11.7 Å². The number of piperazine rings is 1. The van der Waals surface area contributed by atoms with Gasteiger partial charge in [-0.25, -0.2) is 0 Å². The van der Waals surface area contributed by atoms with Gasteiger partial charge in [-0.3, -0.25) is 4.79 Å². The third-order valence-electron chi connectivity index (χ3n) is 4.59. The number of carbonyl (C=O) groups excluding carboxylic acids is 1. The van der Waals surface area contributed by atoms with Crippen molar-refractivity contribution in [3.63, 3.8) is 0 Å². The Balaban J connectivity index is 1.45. The molecule has 0 unspecified atom stereocenters. The van der Waals surface area contributed by atoms with Crippen molar-refractivity contribution in [3.8, 4) is 0 Å². The number of amides is 1. The molecule has 0 spiro atoms. The molecule has 1 aliphatic heterocycles. The molecule has 3 rings (SSSR count). The van der Waals surface area contributed by atoms with Crippen LogP contribution in [-0.2, 0) is 17.4 Å². The van der Waals surface area contributed by atoms with Gasteiger partial charge in [0.15, 0.2) is 0 Å². The summed E-state index contributed by atoms with van der Waals surface area (Å²) in [7, 11) is 0. The lowest BCUT2D eigenvalue weighted by atomic mass is 10.1. The zero-order valence-electron chi connectivity index (χ0n) is 14.3. The molecule has 2 aromatic rings. The molecule has 26 heavy (non-hydrogen) atoms. The second kappa shape index (κ2) is 8.12. The fourth-order valence-corrected chi connectivity index (χ4v) is 3.85. The summed E-state index contributed by atoms with van der Waals surface area (Å²) in [6.07, 6.45) is -2.00. The van der Waals surface area contributed by atoms with Crippen LogP contribution in [0.4, 0.5) is 18.9 Å².